The third-order valence-electron chi connectivity index (χ3n) is 4.33. The summed E-state index contributed by atoms with van der Waals surface area (Å²) in [7, 11) is 0. The van der Waals surface area contributed by atoms with E-state index in [9.17, 15) is 4.79 Å². The van der Waals surface area contributed by atoms with E-state index in [1.54, 1.807) is 18.8 Å². The van der Waals surface area contributed by atoms with Crippen molar-refractivity contribution >= 4 is 11.6 Å². The molecule has 0 saturated heterocycles. The molecule has 1 N–H and O–H groups in total. The first-order valence-electron chi connectivity index (χ1n) is 8.70. The van der Waals surface area contributed by atoms with Crippen LogP contribution in [0.3, 0.4) is 0 Å². The highest BCUT2D eigenvalue weighted by molar-refractivity contribution is 5.98. The maximum absolute atomic E-state index is 12.5. The Bertz CT molecular complexity index is 1080. The number of nitrogens with zero attached hydrogens (tertiary/aromatic N) is 4. The molecule has 0 aliphatic heterocycles. The van der Waals surface area contributed by atoms with Gasteiger partial charge in [-0.05, 0) is 44.2 Å². The number of pyridine rings is 1. The Hall–Kier alpha value is -3.48. The molecule has 1 amide bonds. The first kappa shape index (κ1) is 17.0. The van der Waals surface area contributed by atoms with Crippen molar-refractivity contribution in [2.24, 2.45) is 0 Å². The van der Waals surface area contributed by atoms with Gasteiger partial charge in [-0.1, -0.05) is 0 Å². The van der Waals surface area contributed by atoms with Gasteiger partial charge >= 0.3 is 0 Å². The molecule has 0 fully saturated rings. The van der Waals surface area contributed by atoms with Crippen molar-refractivity contribution in [3.05, 3.63) is 71.9 Å². The molecule has 4 heterocycles. The predicted octanol–water partition coefficient (Wildman–Crippen LogP) is 2.97. The van der Waals surface area contributed by atoms with Crippen LogP contribution in [0.15, 0.2) is 53.5 Å². The van der Waals surface area contributed by atoms with Crippen molar-refractivity contribution in [1.82, 2.24) is 24.7 Å². The molecular formula is C20H19N5O2. The molecule has 0 aliphatic carbocycles. The number of aryl methyl sites for hydroxylation is 2. The number of hydrogen-bond donors (Lipinski definition) is 1. The van der Waals surface area contributed by atoms with Crippen molar-refractivity contribution in [1.29, 1.82) is 0 Å². The van der Waals surface area contributed by atoms with Gasteiger partial charge in [0.25, 0.3) is 5.91 Å². The van der Waals surface area contributed by atoms with Crippen LogP contribution in [0.2, 0.25) is 0 Å². The van der Waals surface area contributed by atoms with Crippen LogP contribution in [-0.4, -0.2) is 31.8 Å². The molecule has 0 atom stereocenters. The van der Waals surface area contributed by atoms with Crippen LogP contribution in [-0.2, 0) is 6.42 Å². The van der Waals surface area contributed by atoms with E-state index in [4.69, 9.17) is 4.42 Å². The number of carbonyl (C=O) groups excluding carboxylic acids is 1. The normalized spacial score (nSPS) is 11.0. The number of hydrogen-bond acceptors (Lipinski definition) is 5. The summed E-state index contributed by atoms with van der Waals surface area (Å²) in [5.41, 5.74) is 4.58. The lowest BCUT2D eigenvalue weighted by Crippen LogP contribution is -2.26. The van der Waals surface area contributed by atoms with E-state index in [-0.39, 0.29) is 5.91 Å². The second-order valence-electron chi connectivity index (χ2n) is 6.35. The Labute approximate surface area is 156 Å². The lowest BCUT2D eigenvalue weighted by Gasteiger charge is -2.05. The molecule has 0 aliphatic rings. The van der Waals surface area contributed by atoms with Crippen LogP contribution in [0.5, 0.6) is 0 Å². The molecule has 0 unspecified atom stereocenters. The van der Waals surface area contributed by atoms with E-state index in [1.807, 2.05) is 48.6 Å². The number of imidazole rings is 1. The van der Waals surface area contributed by atoms with Gasteiger partial charge in [-0.2, -0.15) is 0 Å². The molecular weight excluding hydrogens is 342 g/mol. The molecule has 0 radical (unpaired) electrons. The number of amides is 1. The molecule has 7 nitrogen and oxygen atoms in total. The van der Waals surface area contributed by atoms with E-state index >= 15 is 0 Å². The van der Waals surface area contributed by atoms with Crippen molar-refractivity contribution in [3.8, 4) is 11.3 Å². The lowest BCUT2D eigenvalue weighted by molar-refractivity contribution is 0.0951. The van der Waals surface area contributed by atoms with Crippen molar-refractivity contribution in [2.75, 3.05) is 6.54 Å². The monoisotopic (exact) mass is 361 g/mol. The topological polar surface area (TPSA) is 85.3 Å². The highest BCUT2D eigenvalue weighted by atomic mass is 16.3. The van der Waals surface area contributed by atoms with E-state index in [2.05, 4.69) is 20.3 Å². The molecule has 0 spiro atoms. The number of carbonyl (C=O) groups is 1. The van der Waals surface area contributed by atoms with E-state index in [0.29, 0.717) is 24.3 Å². The van der Waals surface area contributed by atoms with E-state index in [1.165, 1.54) is 0 Å². The van der Waals surface area contributed by atoms with E-state index in [0.717, 1.165) is 28.4 Å². The van der Waals surface area contributed by atoms with Gasteiger partial charge in [0.15, 0.2) is 11.3 Å². The quantitative estimate of drug-likeness (QED) is 0.591. The number of fused-ring (bicyclic) bond motifs is 1. The van der Waals surface area contributed by atoms with Crippen molar-refractivity contribution < 1.29 is 9.21 Å². The van der Waals surface area contributed by atoms with Crippen molar-refractivity contribution in [3.63, 3.8) is 0 Å². The molecule has 4 aromatic rings. The second kappa shape index (κ2) is 7.03. The predicted molar refractivity (Wildman–Crippen MR) is 100 cm³/mol. The van der Waals surface area contributed by atoms with Crippen LogP contribution >= 0.6 is 0 Å². The van der Waals surface area contributed by atoms with Gasteiger partial charge < -0.3 is 9.73 Å². The summed E-state index contributed by atoms with van der Waals surface area (Å²) in [5.74, 6) is 0.550. The summed E-state index contributed by atoms with van der Waals surface area (Å²) >= 11 is 0. The molecule has 4 aromatic heterocycles. The first-order valence-corrected chi connectivity index (χ1v) is 8.70. The maximum atomic E-state index is 12.5. The fraction of sp³-hybridized carbons (Fsp3) is 0.200. The largest absolute Gasteiger partial charge is 0.464 e. The van der Waals surface area contributed by atoms with Gasteiger partial charge in [0, 0.05) is 41.8 Å². The smallest absolute Gasteiger partial charge is 0.273 e. The van der Waals surface area contributed by atoms with Gasteiger partial charge in [0.1, 0.15) is 12.1 Å². The summed E-state index contributed by atoms with van der Waals surface area (Å²) in [6.07, 6.45) is 5.66. The SMILES string of the molecule is Cc1cc(C)n2cnc(C(=O)NCCc3ccc(-c4ccco4)cn3)c2n1. The Balaban J connectivity index is 1.40. The Morgan fingerprint density at radius 3 is 2.85 bits per heavy atom. The Kier molecular flexibility index (Phi) is 4.42. The third-order valence-corrected chi connectivity index (χ3v) is 4.33. The highest BCUT2D eigenvalue weighted by Gasteiger charge is 2.15. The fourth-order valence-electron chi connectivity index (χ4n) is 2.99. The summed E-state index contributed by atoms with van der Waals surface area (Å²) in [5, 5.41) is 2.89. The number of aromatic nitrogens is 4. The summed E-state index contributed by atoms with van der Waals surface area (Å²) in [4.78, 5) is 25.6. The summed E-state index contributed by atoms with van der Waals surface area (Å²) in [6, 6.07) is 9.58. The van der Waals surface area contributed by atoms with Gasteiger partial charge in [0.05, 0.1) is 6.26 Å². The molecule has 0 saturated carbocycles. The van der Waals surface area contributed by atoms with E-state index < -0.39 is 0 Å². The lowest BCUT2D eigenvalue weighted by atomic mass is 10.2. The highest BCUT2D eigenvalue weighted by Crippen LogP contribution is 2.18. The molecule has 27 heavy (non-hydrogen) atoms. The molecule has 7 heteroatoms. The van der Waals surface area contributed by atoms with Gasteiger partial charge in [-0.25, -0.2) is 9.97 Å². The summed E-state index contributed by atoms with van der Waals surface area (Å²) in [6.45, 7) is 4.33. The van der Waals surface area contributed by atoms with Crippen LogP contribution in [0.1, 0.15) is 27.6 Å². The zero-order chi connectivity index (χ0) is 18.8. The third kappa shape index (κ3) is 3.44. The summed E-state index contributed by atoms with van der Waals surface area (Å²) < 4.78 is 7.17. The zero-order valence-electron chi connectivity index (χ0n) is 15.1. The number of furan rings is 1. The fourth-order valence-corrected chi connectivity index (χ4v) is 2.99. The number of rotatable bonds is 5. The van der Waals surface area contributed by atoms with Gasteiger partial charge in [0.2, 0.25) is 0 Å². The van der Waals surface area contributed by atoms with Gasteiger partial charge in [-0.3, -0.25) is 14.2 Å². The van der Waals surface area contributed by atoms with Crippen LogP contribution < -0.4 is 5.32 Å². The zero-order valence-corrected chi connectivity index (χ0v) is 15.1. The average molecular weight is 361 g/mol. The Morgan fingerprint density at radius 1 is 1.22 bits per heavy atom. The van der Waals surface area contributed by atoms with Crippen LogP contribution in [0.4, 0.5) is 0 Å². The molecule has 4 rings (SSSR count). The standard InChI is InChI=1S/C20H19N5O2/c1-13-10-14(2)25-12-23-18(19(25)24-13)20(26)21-8-7-16-6-5-15(11-22-16)17-4-3-9-27-17/h3-6,9-12H,7-8H2,1-2H3,(H,21,26). The second-order valence-corrected chi connectivity index (χ2v) is 6.35. The number of nitrogens with one attached hydrogen (secondary N) is 1. The minimum Gasteiger partial charge on any atom is -0.464 e. The van der Waals surface area contributed by atoms with Crippen molar-refractivity contribution in [2.45, 2.75) is 20.3 Å². The molecule has 0 bridgehead atoms. The molecule has 0 aromatic carbocycles. The minimum absolute atomic E-state index is 0.234. The molecule has 136 valence electrons. The Morgan fingerprint density at radius 2 is 2.11 bits per heavy atom. The first-order chi connectivity index (χ1) is 13.1. The van der Waals surface area contributed by atoms with Crippen LogP contribution in [0, 0.1) is 13.8 Å². The average Bonchev–Trinajstić information content (AvgIpc) is 3.32. The van der Waals surface area contributed by atoms with Gasteiger partial charge in [-0.15, -0.1) is 0 Å². The van der Waals surface area contributed by atoms with Crippen LogP contribution in [0.25, 0.3) is 17.0 Å². The maximum Gasteiger partial charge on any atom is 0.273 e. The minimum atomic E-state index is -0.234.